The third-order valence-electron chi connectivity index (χ3n) is 3.89. The number of esters is 1. The summed E-state index contributed by atoms with van der Waals surface area (Å²) in [5.41, 5.74) is 1.53. The van der Waals surface area contributed by atoms with Crippen LogP contribution in [0.5, 0.6) is 0 Å². The standard InChI is InChI=1S/C19H13N3O4/c1-12-17(13(10-20)18(25-12)22-8-4-5-9-22)19(23)24-11-16-21-14-6-2-3-7-15(14)26-16/h2-9H,11H2,1H3. The number of rotatable bonds is 4. The number of hydrogen-bond donors (Lipinski definition) is 0. The molecule has 0 atom stereocenters. The molecule has 0 saturated carbocycles. The molecule has 0 aliphatic carbocycles. The van der Waals surface area contributed by atoms with Gasteiger partial charge in [-0.15, -0.1) is 0 Å². The number of ether oxygens (including phenoxy) is 1. The summed E-state index contributed by atoms with van der Waals surface area (Å²) in [6, 6.07) is 12.9. The SMILES string of the molecule is Cc1oc(-n2cccc2)c(C#N)c1C(=O)OCc1nc2ccccc2o1. The van der Waals surface area contributed by atoms with Crippen molar-refractivity contribution in [3.05, 3.63) is 71.6 Å². The first kappa shape index (κ1) is 15.7. The fraction of sp³-hybridized carbons (Fsp3) is 0.105. The van der Waals surface area contributed by atoms with E-state index < -0.39 is 5.97 Å². The molecule has 0 unspecified atom stereocenters. The van der Waals surface area contributed by atoms with Gasteiger partial charge in [-0.2, -0.15) is 5.26 Å². The predicted molar refractivity (Wildman–Crippen MR) is 90.6 cm³/mol. The maximum absolute atomic E-state index is 12.5. The lowest BCUT2D eigenvalue weighted by Crippen LogP contribution is -2.08. The highest BCUT2D eigenvalue weighted by Gasteiger charge is 2.26. The van der Waals surface area contributed by atoms with Crippen molar-refractivity contribution >= 4 is 17.1 Å². The fourth-order valence-electron chi connectivity index (χ4n) is 2.71. The van der Waals surface area contributed by atoms with E-state index >= 15 is 0 Å². The van der Waals surface area contributed by atoms with Crippen LogP contribution in [0.4, 0.5) is 0 Å². The molecular weight excluding hydrogens is 334 g/mol. The van der Waals surface area contributed by atoms with Crippen molar-refractivity contribution in [1.29, 1.82) is 5.26 Å². The maximum Gasteiger partial charge on any atom is 0.343 e. The number of furan rings is 1. The number of aryl methyl sites for hydroxylation is 1. The van der Waals surface area contributed by atoms with E-state index in [0.717, 1.165) is 0 Å². The van der Waals surface area contributed by atoms with E-state index in [4.69, 9.17) is 13.6 Å². The number of para-hydroxylation sites is 2. The van der Waals surface area contributed by atoms with Gasteiger partial charge in [0.2, 0.25) is 11.8 Å². The van der Waals surface area contributed by atoms with Crippen molar-refractivity contribution in [3.8, 4) is 12.0 Å². The van der Waals surface area contributed by atoms with Crippen LogP contribution in [-0.4, -0.2) is 15.5 Å². The lowest BCUT2D eigenvalue weighted by Gasteiger charge is -2.01. The molecule has 0 aliphatic rings. The number of oxazole rings is 1. The van der Waals surface area contributed by atoms with Crippen molar-refractivity contribution in [2.24, 2.45) is 0 Å². The molecule has 0 N–H and O–H groups in total. The van der Waals surface area contributed by atoms with Gasteiger partial charge in [-0.05, 0) is 31.2 Å². The van der Waals surface area contributed by atoms with Crippen LogP contribution in [0.15, 0.2) is 57.6 Å². The summed E-state index contributed by atoms with van der Waals surface area (Å²) in [4.78, 5) is 16.8. The summed E-state index contributed by atoms with van der Waals surface area (Å²) in [6.07, 6.45) is 3.46. The zero-order valence-electron chi connectivity index (χ0n) is 13.8. The highest BCUT2D eigenvalue weighted by atomic mass is 16.5. The molecule has 0 spiro atoms. The third kappa shape index (κ3) is 2.63. The number of carbonyl (C=O) groups excluding carboxylic acids is 1. The second-order valence-corrected chi connectivity index (χ2v) is 5.57. The summed E-state index contributed by atoms with van der Waals surface area (Å²) >= 11 is 0. The van der Waals surface area contributed by atoms with E-state index in [1.807, 2.05) is 24.3 Å². The Labute approximate surface area is 148 Å². The first-order chi connectivity index (χ1) is 12.7. The first-order valence-corrected chi connectivity index (χ1v) is 7.86. The molecule has 0 fully saturated rings. The van der Waals surface area contributed by atoms with E-state index in [0.29, 0.717) is 16.9 Å². The molecule has 0 radical (unpaired) electrons. The molecule has 3 heterocycles. The smallest absolute Gasteiger partial charge is 0.343 e. The molecular formula is C19H13N3O4. The number of fused-ring (bicyclic) bond motifs is 1. The molecule has 4 aromatic rings. The van der Waals surface area contributed by atoms with Gasteiger partial charge in [0.05, 0.1) is 0 Å². The van der Waals surface area contributed by atoms with Crippen LogP contribution in [0, 0.1) is 18.3 Å². The second-order valence-electron chi connectivity index (χ2n) is 5.57. The van der Waals surface area contributed by atoms with Crippen LogP contribution in [0.2, 0.25) is 0 Å². The normalized spacial score (nSPS) is 10.8. The van der Waals surface area contributed by atoms with Crippen LogP contribution >= 0.6 is 0 Å². The molecule has 0 amide bonds. The molecule has 0 bridgehead atoms. The molecule has 7 heteroatoms. The van der Waals surface area contributed by atoms with Gasteiger partial charge in [-0.3, -0.25) is 4.57 Å². The molecule has 128 valence electrons. The Hall–Kier alpha value is -3.79. The average molecular weight is 347 g/mol. The fourth-order valence-corrected chi connectivity index (χ4v) is 2.71. The van der Waals surface area contributed by atoms with Crippen molar-refractivity contribution in [1.82, 2.24) is 9.55 Å². The quantitative estimate of drug-likeness (QED) is 0.522. The molecule has 3 aromatic heterocycles. The van der Waals surface area contributed by atoms with Gasteiger partial charge in [0.25, 0.3) is 0 Å². The minimum absolute atomic E-state index is 0.104. The van der Waals surface area contributed by atoms with Gasteiger partial charge < -0.3 is 13.6 Å². The van der Waals surface area contributed by atoms with E-state index in [9.17, 15) is 10.1 Å². The van der Waals surface area contributed by atoms with Gasteiger partial charge in [0, 0.05) is 12.4 Å². The van der Waals surface area contributed by atoms with Crippen molar-refractivity contribution in [2.75, 3.05) is 0 Å². The molecule has 1 aromatic carbocycles. The Kier molecular flexibility index (Phi) is 3.78. The summed E-state index contributed by atoms with van der Waals surface area (Å²) in [6.45, 7) is 1.48. The Morgan fingerprint density at radius 3 is 2.73 bits per heavy atom. The number of carbonyl (C=O) groups is 1. The minimum Gasteiger partial charge on any atom is -0.452 e. The van der Waals surface area contributed by atoms with Crippen LogP contribution in [0.1, 0.15) is 27.6 Å². The van der Waals surface area contributed by atoms with E-state index in [2.05, 4.69) is 4.98 Å². The summed E-state index contributed by atoms with van der Waals surface area (Å²) in [7, 11) is 0. The molecule has 7 nitrogen and oxygen atoms in total. The summed E-state index contributed by atoms with van der Waals surface area (Å²) < 4.78 is 18.0. The Balaban J connectivity index is 1.59. The highest BCUT2D eigenvalue weighted by Crippen LogP contribution is 2.26. The van der Waals surface area contributed by atoms with Crippen molar-refractivity contribution in [3.63, 3.8) is 0 Å². The number of nitrogens with zero attached hydrogens (tertiary/aromatic N) is 3. The topological polar surface area (TPSA) is 94.2 Å². The number of nitriles is 1. The molecule has 0 saturated heterocycles. The zero-order chi connectivity index (χ0) is 18.1. The maximum atomic E-state index is 12.5. The lowest BCUT2D eigenvalue weighted by atomic mass is 10.1. The van der Waals surface area contributed by atoms with Crippen molar-refractivity contribution < 1.29 is 18.4 Å². The number of benzene rings is 1. The van der Waals surface area contributed by atoms with Gasteiger partial charge >= 0.3 is 5.97 Å². The Morgan fingerprint density at radius 2 is 2.00 bits per heavy atom. The molecule has 0 aliphatic heterocycles. The molecule has 4 rings (SSSR count). The van der Waals surface area contributed by atoms with E-state index in [1.54, 1.807) is 42.1 Å². The van der Waals surface area contributed by atoms with Crippen LogP contribution < -0.4 is 0 Å². The van der Waals surface area contributed by atoms with E-state index in [-0.39, 0.29) is 29.5 Å². The predicted octanol–water partition coefficient (Wildman–Crippen LogP) is 3.75. The third-order valence-corrected chi connectivity index (χ3v) is 3.89. The Morgan fingerprint density at radius 1 is 1.23 bits per heavy atom. The van der Waals surface area contributed by atoms with Crippen LogP contribution in [0.25, 0.3) is 17.0 Å². The largest absolute Gasteiger partial charge is 0.452 e. The first-order valence-electron chi connectivity index (χ1n) is 7.86. The molecule has 26 heavy (non-hydrogen) atoms. The minimum atomic E-state index is -0.663. The summed E-state index contributed by atoms with van der Waals surface area (Å²) in [5.74, 6) is 0.213. The van der Waals surface area contributed by atoms with Gasteiger partial charge in [0.15, 0.2) is 12.2 Å². The Bertz CT molecular complexity index is 1100. The highest BCUT2D eigenvalue weighted by molar-refractivity contribution is 5.94. The summed E-state index contributed by atoms with van der Waals surface area (Å²) in [5, 5.41) is 9.48. The zero-order valence-corrected chi connectivity index (χ0v) is 13.8. The number of aromatic nitrogens is 2. The van der Waals surface area contributed by atoms with Crippen LogP contribution in [0.3, 0.4) is 0 Å². The van der Waals surface area contributed by atoms with E-state index in [1.165, 1.54) is 0 Å². The van der Waals surface area contributed by atoms with Crippen molar-refractivity contribution in [2.45, 2.75) is 13.5 Å². The second kappa shape index (κ2) is 6.26. The van der Waals surface area contributed by atoms with Gasteiger partial charge in [-0.1, -0.05) is 12.1 Å². The van der Waals surface area contributed by atoms with Crippen LogP contribution in [-0.2, 0) is 11.3 Å². The van der Waals surface area contributed by atoms with Gasteiger partial charge in [0.1, 0.15) is 28.5 Å². The van der Waals surface area contributed by atoms with Gasteiger partial charge in [-0.25, -0.2) is 9.78 Å². The number of hydrogen-bond acceptors (Lipinski definition) is 6. The lowest BCUT2D eigenvalue weighted by molar-refractivity contribution is 0.0438. The monoisotopic (exact) mass is 347 g/mol. The average Bonchev–Trinajstić information content (AvgIpc) is 3.36.